The minimum atomic E-state index is -4.79. The fourth-order valence-electron chi connectivity index (χ4n) is 7.83. The molecule has 0 saturated carbocycles. The zero-order valence-corrected chi connectivity index (χ0v) is 30.8. The molecule has 3 aliphatic rings. The number of imidazole rings is 1. The Hall–Kier alpha value is -5.84. The van der Waals surface area contributed by atoms with Crippen LogP contribution in [0.15, 0.2) is 53.5 Å². The minimum absolute atomic E-state index is 0.0180. The molecule has 0 radical (unpaired) electrons. The summed E-state index contributed by atoms with van der Waals surface area (Å²) in [5.74, 6) is -1.94. The topological polar surface area (TPSA) is 165 Å². The Bertz CT molecular complexity index is 2280. The van der Waals surface area contributed by atoms with Gasteiger partial charge in [0.2, 0.25) is 17.7 Å². The molecule has 0 aliphatic carbocycles. The molecule has 5 heterocycles. The number of amides is 5. The van der Waals surface area contributed by atoms with E-state index in [1.165, 1.54) is 10.6 Å². The van der Waals surface area contributed by atoms with Crippen molar-refractivity contribution in [3.8, 4) is 11.1 Å². The van der Waals surface area contributed by atoms with Crippen molar-refractivity contribution in [2.45, 2.75) is 70.3 Å². The maximum Gasteiger partial charge on any atom is 0.522 e. The van der Waals surface area contributed by atoms with Crippen LogP contribution in [0.2, 0.25) is 0 Å². The number of hydrogen-bond acceptors (Lipinski definition) is 9. The van der Waals surface area contributed by atoms with E-state index >= 15 is 0 Å². The first-order valence-electron chi connectivity index (χ1n) is 18.4. The quantitative estimate of drug-likeness (QED) is 0.168. The van der Waals surface area contributed by atoms with E-state index in [9.17, 15) is 41.9 Å². The molecular weight excluding hydrogens is 735 g/mol. The van der Waals surface area contributed by atoms with Gasteiger partial charge >= 0.3 is 6.36 Å². The number of halogens is 3. The summed E-state index contributed by atoms with van der Waals surface area (Å²) in [5, 5.41) is 5.34. The maximum absolute atomic E-state index is 13.4. The van der Waals surface area contributed by atoms with E-state index in [0.717, 1.165) is 16.0 Å². The van der Waals surface area contributed by atoms with Crippen LogP contribution in [0.25, 0.3) is 22.2 Å². The van der Waals surface area contributed by atoms with Crippen LogP contribution in [0, 0.1) is 6.92 Å². The Kier molecular flexibility index (Phi) is 10.5. The molecule has 56 heavy (non-hydrogen) atoms. The zero-order valence-electron chi connectivity index (χ0n) is 30.8. The second-order valence-corrected chi connectivity index (χ2v) is 14.3. The van der Waals surface area contributed by atoms with Crippen LogP contribution in [-0.2, 0) is 32.7 Å². The number of alkyl halides is 3. The number of nitrogens with zero attached hydrogens (tertiary/aromatic N) is 5. The number of pyridine rings is 1. The number of piperidine rings is 2. The second-order valence-electron chi connectivity index (χ2n) is 14.3. The molecule has 17 heteroatoms. The predicted molar refractivity (Wildman–Crippen MR) is 197 cm³/mol. The molecule has 2 fully saturated rings. The van der Waals surface area contributed by atoms with E-state index in [0.29, 0.717) is 67.0 Å². The van der Waals surface area contributed by atoms with Gasteiger partial charge in [-0.25, -0.2) is 4.98 Å². The predicted octanol–water partition coefficient (Wildman–Crippen LogP) is 4.25. The summed E-state index contributed by atoms with van der Waals surface area (Å²) in [4.78, 5) is 83.6. The van der Waals surface area contributed by atoms with Gasteiger partial charge in [0.05, 0.1) is 28.8 Å². The summed E-state index contributed by atoms with van der Waals surface area (Å²) >= 11 is 0. The average Bonchev–Trinajstić information content (AvgIpc) is 3.65. The number of aromatic nitrogens is 3. The molecule has 1 atom stereocenters. The second kappa shape index (κ2) is 15.4. The molecule has 0 spiro atoms. The van der Waals surface area contributed by atoms with Crippen LogP contribution < -0.4 is 16.2 Å². The van der Waals surface area contributed by atoms with E-state index in [1.54, 1.807) is 47.8 Å². The summed E-state index contributed by atoms with van der Waals surface area (Å²) in [6, 6.07) is 11.0. The Morgan fingerprint density at radius 3 is 2.48 bits per heavy atom. The third kappa shape index (κ3) is 7.67. The smallest absolute Gasteiger partial charge is 0.384 e. The van der Waals surface area contributed by atoms with Crippen LogP contribution in [-0.4, -0.2) is 92.1 Å². The number of hydrogen-bond donors (Lipinski definition) is 2. The Balaban J connectivity index is 0.978. The first-order chi connectivity index (χ1) is 26.7. The van der Waals surface area contributed by atoms with Crippen LogP contribution in [0.3, 0.4) is 0 Å². The number of anilines is 1. The van der Waals surface area contributed by atoms with Crippen molar-refractivity contribution in [2.75, 3.05) is 31.6 Å². The molecule has 4 aromatic rings. The molecule has 294 valence electrons. The van der Waals surface area contributed by atoms with E-state index < -0.39 is 42.6 Å². The summed E-state index contributed by atoms with van der Waals surface area (Å²) in [6.07, 6.45) is -1.27. The fraction of sp³-hybridized carbons (Fsp3) is 0.410. The van der Waals surface area contributed by atoms with Crippen molar-refractivity contribution in [3.05, 3.63) is 81.5 Å². The highest BCUT2D eigenvalue weighted by atomic mass is 19.4. The van der Waals surface area contributed by atoms with Gasteiger partial charge in [-0.3, -0.25) is 43.7 Å². The number of rotatable bonds is 11. The van der Waals surface area contributed by atoms with Gasteiger partial charge in [0.25, 0.3) is 17.4 Å². The SMILES string of the molecule is Cc1cc(-c2ccc3nc(C4CCN(C(=O)CCCNc5cccc6c5C(=O)N(C5CCC(=O)NC5=O)C6=O)CC4)n(CCOC(F)(F)F)c3c2)cn(C)c1=O. The lowest BCUT2D eigenvalue weighted by Gasteiger charge is -2.32. The zero-order chi connectivity index (χ0) is 39.9. The monoisotopic (exact) mass is 775 g/mol. The first-order valence-corrected chi connectivity index (χ1v) is 18.4. The van der Waals surface area contributed by atoms with Crippen LogP contribution in [0.5, 0.6) is 0 Å². The van der Waals surface area contributed by atoms with Gasteiger partial charge in [0.15, 0.2) is 0 Å². The highest BCUT2D eigenvalue weighted by Gasteiger charge is 2.45. The molecule has 14 nitrogen and oxygen atoms in total. The normalized spacial score (nSPS) is 17.8. The van der Waals surface area contributed by atoms with Gasteiger partial charge < -0.3 is 19.4 Å². The summed E-state index contributed by atoms with van der Waals surface area (Å²) < 4.78 is 46.3. The van der Waals surface area contributed by atoms with E-state index in [-0.39, 0.29) is 54.3 Å². The summed E-state index contributed by atoms with van der Waals surface area (Å²) in [6.45, 7) is 2.21. The van der Waals surface area contributed by atoms with Crippen LogP contribution >= 0.6 is 0 Å². The number of nitrogens with one attached hydrogen (secondary N) is 2. The Morgan fingerprint density at radius 2 is 1.77 bits per heavy atom. The van der Waals surface area contributed by atoms with E-state index in [2.05, 4.69) is 15.4 Å². The van der Waals surface area contributed by atoms with Crippen molar-refractivity contribution in [2.24, 2.45) is 7.05 Å². The molecule has 2 N–H and O–H groups in total. The number of fused-ring (bicyclic) bond motifs is 2. The average molecular weight is 776 g/mol. The van der Waals surface area contributed by atoms with Gasteiger partial charge in [0.1, 0.15) is 11.9 Å². The van der Waals surface area contributed by atoms with E-state index in [1.807, 2.05) is 18.2 Å². The first kappa shape index (κ1) is 38.4. The molecule has 2 saturated heterocycles. The molecule has 0 bridgehead atoms. The standard InChI is InChI=1S/C39H40F3N7O7/c1-22-19-25(21-46(2)36(22)53)24-8-9-27-30(20-24)48(17-18-56-39(40,41)42)34(44-27)23-12-15-47(16-13-23)32(51)7-4-14-43-28-6-3-5-26-33(28)38(55)49(37(26)54)29-10-11-31(50)45-35(29)52/h3,5-6,8-9,19-21,23,29,43H,4,7,10-18H2,1-2H3,(H,45,50,52). The van der Waals surface area contributed by atoms with E-state index in [4.69, 9.17) is 4.98 Å². The third-order valence-corrected chi connectivity index (χ3v) is 10.6. The van der Waals surface area contributed by atoms with Crippen molar-refractivity contribution in [3.63, 3.8) is 0 Å². The van der Waals surface area contributed by atoms with Crippen LogP contribution in [0.4, 0.5) is 18.9 Å². The number of imide groups is 2. The molecule has 3 aliphatic heterocycles. The van der Waals surface area contributed by atoms with Gasteiger partial charge in [-0.15, -0.1) is 13.2 Å². The number of aryl methyl sites for hydroxylation is 2. The van der Waals surface area contributed by atoms with Gasteiger partial charge in [-0.2, -0.15) is 0 Å². The molecule has 1 unspecified atom stereocenters. The highest BCUT2D eigenvalue weighted by molar-refractivity contribution is 6.25. The van der Waals surface area contributed by atoms with Crippen molar-refractivity contribution in [1.29, 1.82) is 0 Å². The number of carbonyl (C=O) groups excluding carboxylic acids is 5. The lowest BCUT2D eigenvalue weighted by atomic mass is 9.95. The molecule has 2 aromatic heterocycles. The lowest BCUT2D eigenvalue weighted by Crippen LogP contribution is -2.54. The Morgan fingerprint density at radius 1 is 1.00 bits per heavy atom. The highest BCUT2D eigenvalue weighted by Crippen LogP contribution is 2.34. The molecular formula is C39H40F3N7O7. The number of benzene rings is 2. The summed E-state index contributed by atoms with van der Waals surface area (Å²) in [5.41, 5.74) is 3.95. The van der Waals surface area contributed by atoms with Gasteiger partial charge in [-0.1, -0.05) is 12.1 Å². The van der Waals surface area contributed by atoms with Crippen molar-refractivity contribution < 1.29 is 41.9 Å². The molecule has 7 rings (SSSR count). The Labute approximate surface area is 318 Å². The van der Waals surface area contributed by atoms with Crippen molar-refractivity contribution in [1.82, 2.24) is 29.2 Å². The number of ether oxygens (including phenoxy) is 1. The van der Waals surface area contributed by atoms with Gasteiger partial charge in [0, 0.05) is 69.4 Å². The number of likely N-dealkylation sites (tertiary alicyclic amines) is 1. The fourth-order valence-corrected chi connectivity index (χ4v) is 7.83. The molecule has 5 amide bonds. The lowest BCUT2D eigenvalue weighted by molar-refractivity contribution is -0.325. The van der Waals surface area contributed by atoms with Gasteiger partial charge in [-0.05, 0) is 74.1 Å². The van der Waals surface area contributed by atoms with Crippen molar-refractivity contribution >= 4 is 46.3 Å². The maximum atomic E-state index is 13.4. The van der Waals surface area contributed by atoms with Crippen LogP contribution in [0.1, 0.15) is 76.5 Å². The third-order valence-electron chi connectivity index (χ3n) is 10.6. The largest absolute Gasteiger partial charge is 0.522 e. The molecule has 2 aromatic carbocycles. The number of carbonyl (C=O) groups is 5. The minimum Gasteiger partial charge on any atom is -0.384 e. The summed E-state index contributed by atoms with van der Waals surface area (Å²) in [7, 11) is 1.66.